The summed E-state index contributed by atoms with van der Waals surface area (Å²) in [4.78, 5) is 11.1. The van der Waals surface area contributed by atoms with Gasteiger partial charge in [-0.3, -0.25) is 5.32 Å². The van der Waals surface area contributed by atoms with Crippen LogP contribution in [0.4, 0.5) is 44.3 Å². The highest BCUT2D eigenvalue weighted by Crippen LogP contribution is 2.52. The summed E-state index contributed by atoms with van der Waals surface area (Å²) in [5.74, 6) is 0. The van der Waals surface area contributed by atoms with Gasteiger partial charge >= 0.3 is 30.2 Å². The number of amides is 1. The summed E-state index contributed by atoms with van der Waals surface area (Å²) in [5, 5.41) is -0.0589. The van der Waals surface area contributed by atoms with Crippen LogP contribution < -0.4 is 5.32 Å². The Kier molecular flexibility index (Phi) is 4.83. The Balaban J connectivity index is 3.12. The molecule has 0 aromatic rings. The topological polar surface area (TPSA) is 38.3 Å². The molecular weight excluding hydrogens is 337 g/mol. The van der Waals surface area contributed by atoms with Crippen molar-refractivity contribution in [2.24, 2.45) is 0 Å². The lowest BCUT2D eigenvalue weighted by molar-refractivity contribution is -0.387. The lowest BCUT2D eigenvalue weighted by Crippen LogP contribution is -2.75. The minimum absolute atomic E-state index is 0.0589. The zero-order chi connectivity index (χ0) is 17.4. The molecule has 0 heterocycles. The van der Waals surface area contributed by atoms with Gasteiger partial charge in [0, 0.05) is 0 Å². The first-order chi connectivity index (χ1) is 9.72. The van der Waals surface area contributed by atoms with E-state index in [9.17, 15) is 44.3 Å². The highest BCUT2D eigenvalue weighted by Gasteiger charge is 2.85. The van der Waals surface area contributed by atoms with Gasteiger partial charge in [-0.05, 0) is 25.7 Å². The van der Waals surface area contributed by atoms with Crippen LogP contribution in [-0.2, 0) is 4.74 Å². The molecule has 130 valence electrons. The first-order valence-corrected chi connectivity index (χ1v) is 5.91. The molecule has 0 aliphatic heterocycles. The van der Waals surface area contributed by atoms with Crippen molar-refractivity contribution in [2.75, 3.05) is 0 Å². The third kappa shape index (κ3) is 3.35. The molecule has 0 saturated heterocycles. The van der Waals surface area contributed by atoms with Crippen molar-refractivity contribution in [3.63, 3.8) is 0 Å². The number of alkyl halides is 9. The smallest absolute Gasteiger partial charge is 0.429 e. The van der Waals surface area contributed by atoms with Gasteiger partial charge in [0.15, 0.2) is 0 Å². The quantitative estimate of drug-likeness (QED) is 0.765. The van der Waals surface area contributed by atoms with Gasteiger partial charge in [0.25, 0.3) is 0 Å². The monoisotopic (exact) mass is 347 g/mol. The number of hydrogen-bond acceptors (Lipinski definition) is 2. The number of rotatable bonds is 2. The second kappa shape index (κ2) is 5.69. The van der Waals surface area contributed by atoms with Crippen molar-refractivity contribution >= 4 is 6.09 Å². The lowest BCUT2D eigenvalue weighted by Gasteiger charge is -2.38. The first kappa shape index (κ1) is 18.7. The Labute approximate surface area is 117 Å². The second-order valence-corrected chi connectivity index (χ2v) is 4.68. The largest absolute Gasteiger partial charge is 0.446 e. The second-order valence-electron chi connectivity index (χ2n) is 4.68. The van der Waals surface area contributed by atoms with Gasteiger partial charge in [-0.1, -0.05) is 0 Å². The van der Waals surface area contributed by atoms with Crippen LogP contribution in [-0.4, -0.2) is 36.3 Å². The molecule has 1 saturated carbocycles. The van der Waals surface area contributed by atoms with Crippen molar-refractivity contribution in [1.29, 1.82) is 0 Å². The Morgan fingerprint density at radius 1 is 0.818 bits per heavy atom. The van der Waals surface area contributed by atoms with E-state index in [4.69, 9.17) is 0 Å². The fraction of sp³-hybridized carbons (Fsp3) is 0.900. The van der Waals surface area contributed by atoms with Crippen molar-refractivity contribution in [3.8, 4) is 0 Å². The molecule has 1 aliphatic carbocycles. The summed E-state index contributed by atoms with van der Waals surface area (Å²) in [6.07, 6.45) is -22.7. The van der Waals surface area contributed by atoms with Gasteiger partial charge in [-0.15, -0.1) is 0 Å². The number of halogens is 9. The fourth-order valence-electron chi connectivity index (χ4n) is 2.03. The van der Waals surface area contributed by atoms with E-state index >= 15 is 0 Å². The predicted octanol–water partition coefficient (Wildman–Crippen LogP) is 4.08. The molecule has 0 unspecified atom stereocenters. The molecule has 1 fully saturated rings. The summed E-state index contributed by atoms with van der Waals surface area (Å²) in [5.41, 5.74) is -6.39. The molecule has 22 heavy (non-hydrogen) atoms. The number of carbonyl (C=O) groups excluding carboxylic acids is 1. The standard InChI is InChI=1S/C10H10F9NO2/c11-8(12,13)7(9(14,15)16,10(17,18)19)20-6(21)22-5-3-1-2-4-5/h5H,1-4H2,(H,20,21). The normalized spacial score (nSPS) is 18.4. The molecule has 1 rings (SSSR count). The van der Waals surface area contributed by atoms with Crippen molar-refractivity contribution in [1.82, 2.24) is 5.32 Å². The van der Waals surface area contributed by atoms with Crippen molar-refractivity contribution < 1.29 is 49.0 Å². The van der Waals surface area contributed by atoms with E-state index in [0.29, 0.717) is 12.8 Å². The van der Waals surface area contributed by atoms with Crippen LogP contribution in [0.5, 0.6) is 0 Å². The van der Waals surface area contributed by atoms with Gasteiger partial charge in [0.2, 0.25) is 0 Å². The highest BCUT2D eigenvalue weighted by molar-refractivity contribution is 5.69. The highest BCUT2D eigenvalue weighted by atomic mass is 19.4. The average molecular weight is 347 g/mol. The average Bonchev–Trinajstić information content (AvgIpc) is 2.73. The Hall–Kier alpha value is -1.36. The number of hydrogen-bond donors (Lipinski definition) is 1. The Morgan fingerprint density at radius 2 is 1.18 bits per heavy atom. The van der Waals surface area contributed by atoms with E-state index in [1.54, 1.807) is 0 Å². The zero-order valence-electron chi connectivity index (χ0n) is 10.6. The molecule has 0 spiro atoms. The van der Waals surface area contributed by atoms with Crippen LogP contribution in [0, 0.1) is 0 Å². The molecule has 1 aliphatic rings. The third-order valence-corrected chi connectivity index (χ3v) is 3.14. The van der Waals surface area contributed by atoms with E-state index in [1.165, 1.54) is 0 Å². The number of alkyl carbamates (subject to hydrolysis) is 1. The number of carbonyl (C=O) groups is 1. The van der Waals surface area contributed by atoms with Gasteiger partial charge < -0.3 is 4.74 Å². The van der Waals surface area contributed by atoms with Crippen LogP contribution in [0.25, 0.3) is 0 Å². The summed E-state index contributed by atoms with van der Waals surface area (Å²) in [7, 11) is 0. The maximum absolute atomic E-state index is 12.5. The lowest BCUT2D eigenvalue weighted by atomic mass is 9.97. The zero-order valence-corrected chi connectivity index (χ0v) is 10.6. The van der Waals surface area contributed by atoms with E-state index in [2.05, 4.69) is 4.74 Å². The van der Waals surface area contributed by atoms with E-state index < -0.39 is 36.3 Å². The minimum atomic E-state index is -6.85. The molecule has 1 N–H and O–H groups in total. The van der Waals surface area contributed by atoms with Crippen LogP contribution >= 0.6 is 0 Å². The maximum atomic E-state index is 12.5. The summed E-state index contributed by atoms with van der Waals surface area (Å²) in [6.45, 7) is 0. The van der Waals surface area contributed by atoms with E-state index in [1.807, 2.05) is 0 Å². The Morgan fingerprint density at radius 3 is 1.50 bits per heavy atom. The van der Waals surface area contributed by atoms with Gasteiger partial charge in [-0.2, -0.15) is 39.5 Å². The van der Waals surface area contributed by atoms with Gasteiger partial charge in [0.1, 0.15) is 6.10 Å². The predicted molar refractivity (Wildman–Crippen MR) is 52.8 cm³/mol. The number of nitrogens with one attached hydrogen (secondary N) is 1. The van der Waals surface area contributed by atoms with E-state index in [0.717, 1.165) is 0 Å². The van der Waals surface area contributed by atoms with Crippen LogP contribution in [0.1, 0.15) is 25.7 Å². The molecular formula is C10H10F9NO2. The molecule has 0 radical (unpaired) electrons. The van der Waals surface area contributed by atoms with Crippen molar-refractivity contribution in [2.45, 2.75) is 55.9 Å². The summed E-state index contributed by atoms with van der Waals surface area (Å²) in [6, 6.07) is 0. The molecule has 0 atom stereocenters. The summed E-state index contributed by atoms with van der Waals surface area (Å²) < 4.78 is 117. The van der Waals surface area contributed by atoms with Crippen LogP contribution in [0.15, 0.2) is 0 Å². The van der Waals surface area contributed by atoms with E-state index in [-0.39, 0.29) is 18.2 Å². The van der Waals surface area contributed by atoms with Crippen LogP contribution in [0.2, 0.25) is 0 Å². The first-order valence-electron chi connectivity index (χ1n) is 5.91. The third-order valence-electron chi connectivity index (χ3n) is 3.14. The minimum Gasteiger partial charge on any atom is -0.446 e. The van der Waals surface area contributed by atoms with Crippen LogP contribution in [0.3, 0.4) is 0 Å². The molecule has 1 amide bonds. The van der Waals surface area contributed by atoms with Crippen molar-refractivity contribution in [3.05, 3.63) is 0 Å². The number of ether oxygens (including phenoxy) is 1. The van der Waals surface area contributed by atoms with Gasteiger partial charge in [-0.25, -0.2) is 4.79 Å². The molecule has 0 aromatic heterocycles. The Bertz CT molecular complexity index is 370. The molecule has 12 heteroatoms. The SMILES string of the molecule is O=C(NC(C(F)(F)F)(C(F)(F)F)C(F)(F)F)OC1CCCC1. The maximum Gasteiger partial charge on any atom is 0.429 e. The summed E-state index contributed by atoms with van der Waals surface area (Å²) >= 11 is 0. The fourth-order valence-corrected chi connectivity index (χ4v) is 2.03. The molecule has 0 aromatic carbocycles. The molecule has 3 nitrogen and oxygen atoms in total. The molecule has 0 bridgehead atoms. The van der Waals surface area contributed by atoms with Gasteiger partial charge in [0.05, 0.1) is 0 Å².